The van der Waals surface area contributed by atoms with Crippen molar-refractivity contribution in [2.24, 2.45) is 0 Å². The number of nitrogens with zero attached hydrogens (tertiary/aromatic N) is 6. The van der Waals surface area contributed by atoms with Crippen LogP contribution < -0.4 is 4.90 Å². The van der Waals surface area contributed by atoms with Gasteiger partial charge in [0.2, 0.25) is 16.0 Å². The molecule has 4 rings (SSSR count). The van der Waals surface area contributed by atoms with E-state index in [4.69, 9.17) is 0 Å². The van der Waals surface area contributed by atoms with Gasteiger partial charge in [-0.3, -0.25) is 9.69 Å². The van der Waals surface area contributed by atoms with E-state index in [1.807, 2.05) is 17.6 Å². The number of anilines is 1. The molecule has 0 bridgehead atoms. The Balaban J connectivity index is 1.30. The average molecular weight is 363 g/mol. The minimum atomic E-state index is 0.304. The molecule has 2 aromatic heterocycles. The van der Waals surface area contributed by atoms with Gasteiger partial charge >= 0.3 is 0 Å². The second-order valence-electron chi connectivity index (χ2n) is 7.05. The van der Waals surface area contributed by atoms with Crippen LogP contribution in [0.4, 0.5) is 5.13 Å². The first-order valence-corrected chi connectivity index (χ1v) is 10.1. The second kappa shape index (κ2) is 7.29. The number of aryl methyl sites for hydroxylation is 1. The molecule has 0 saturated carbocycles. The minimum Gasteiger partial charge on any atom is -0.344 e. The highest BCUT2D eigenvalue weighted by Crippen LogP contribution is 2.24. The maximum atomic E-state index is 12.5. The lowest BCUT2D eigenvalue weighted by atomic mass is 10.2. The highest BCUT2D eigenvalue weighted by Gasteiger charge is 2.24. The van der Waals surface area contributed by atoms with Crippen molar-refractivity contribution in [3.8, 4) is 0 Å². The molecule has 0 aromatic carbocycles. The van der Waals surface area contributed by atoms with Crippen molar-refractivity contribution >= 4 is 27.3 Å². The number of piperazine rings is 1. The molecule has 2 aromatic rings. The van der Waals surface area contributed by atoms with Gasteiger partial charge in [0, 0.05) is 39.3 Å². The van der Waals surface area contributed by atoms with E-state index < -0.39 is 0 Å². The molecule has 0 N–H and O–H groups in total. The highest BCUT2D eigenvalue weighted by atomic mass is 32.1. The molecule has 7 nitrogen and oxygen atoms in total. The van der Waals surface area contributed by atoms with Crippen LogP contribution in [0.15, 0.2) is 6.20 Å². The summed E-state index contributed by atoms with van der Waals surface area (Å²) in [4.78, 5) is 24.6. The number of fused-ring (bicyclic) bond motifs is 1. The topological polar surface area (TPSA) is 57.0 Å². The quantitative estimate of drug-likeness (QED) is 0.831. The molecule has 2 aliphatic rings. The SMILES string of the molecule is Cc1cn2nc(N3CCN(CC(=O)N4CCCCCC4)CC3)sc2n1. The van der Waals surface area contributed by atoms with E-state index in [1.54, 1.807) is 11.3 Å². The summed E-state index contributed by atoms with van der Waals surface area (Å²) < 4.78 is 1.87. The summed E-state index contributed by atoms with van der Waals surface area (Å²) in [5.74, 6) is 0.304. The second-order valence-corrected chi connectivity index (χ2v) is 7.99. The first-order chi connectivity index (χ1) is 12.2. The van der Waals surface area contributed by atoms with Gasteiger partial charge < -0.3 is 9.80 Å². The molecule has 2 fully saturated rings. The van der Waals surface area contributed by atoms with Crippen LogP contribution in [0.1, 0.15) is 31.4 Å². The van der Waals surface area contributed by atoms with Crippen LogP contribution in [0.3, 0.4) is 0 Å². The Bertz CT molecular complexity index is 693. The van der Waals surface area contributed by atoms with Crippen molar-refractivity contribution in [3.05, 3.63) is 11.9 Å². The Labute approximate surface area is 152 Å². The van der Waals surface area contributed by atoms with Crippen LogP contribution in [-0.2, 0) is 4.79 Å². The first kappa shape index (κ1) is 16.8. The Hall–Kier alpha value is -1.67. The van der Waals surface area contributed by atoms with Gasteiger partial charge in [-0.05, 0) is 19.8 Å². The lowest BCUT2D eigenvalue weighted by Gasteiger charge is -2.35. The van der Waals surface area contributed by atoms with Crippen LogP contribution in [0, 0.1) is 6.92 Å². The molecule has 4 heterocycles. The fourth-order valence-electron chi connectivity index (χ4n) is 3.64. The van der Waals surface area contributed by atoms with E-state index in [2.05, 4.69) is 24.8 Å². The van der Waals surface area contributed by atoms with Gasteiger partial charge in [-0.2, -0.15) is 0 Å². The molecular weight excluding hydrogens is 336 g/mol. The van der Waals surface area contributed by atoms with Crippen LogP contribution in [0.2, 0.25) is 0 Å². The van der Waals surface area contributed by atoms with Crippen molar-refractivity contribution in [1.82, 2.24) is 24.4 Å². The standard InChI is InChI=1S/C17H26N6OS/c1-14-12-23-16(18-14)25-17(19-23)22-10-8-20(9-11-22)13-15(24)21-6-4-2-3-5-7-21/h12H,2-11,13H2,1H3. The molecule has 0 spiro atoms. The van der Waals surface area contributed by atoms with Crippen molar-refractivity contribution in [1.29, 1.82) is 0 Å². The van der Waals surface area contributed by atoms with Gasteiger partial charge in [0.25, 0.3) is 0 Å². The van der Waals surface area contributed by atoms with Crippen LogP contribution in [-0.4, -0.2) is 76.1 Å². The van der Waals surface area contributed by atoms with E-state index in [9.17, 15) is 4.79 Å². The Morgan fingerprint density at radius 1 is 1.08 bits per heavy atom. The molecule has 1 amide bonds. The van der Waals surface area contributed by atoms with Gasteiger partial charge in [-0.15, -0.1) is 5.10 Å². The third kappa shape index (κ3) is 3.79. The van der Waals surface area contributed by atoms with E-state index in [-0.39, 0.29) is 0 Å². The van der Waals surface area contributed by atoms with Crippen molar-refractivity contribution in [3.63, 3.8) is 0 Å². The predicted octanol–water partition coefficient (Wildman–Crippen LogP) is 1.62. The largest absolute Gasteiger partial charge is 0.344 e. The Morgan fingerprint density at radius 3 is 2.48 bits per heavy atom. The van der Waals surface area contributed by atoms with Crippen molar-refractivity contribution < 1.29 is 4.79 Å². The first-order valence-electron chi connectivity index (χ1n) is 9.27. The van der Waals surface area contributed by atoms with Gasteiger partial charge in [-0.25, -0.2) is 9.50 Å². The third-order valence-electron chi connectivity index (χ3n) is 5.11. The number of hydrogen-bond acceptors (Lipinski definition) is 6. The fourth-order valence-corrected chi connectivity index (χ4v) is 4.62. The summed E-state index contributed by atoms with van der Waals surface area (Å²) in [5.41, 5.74) is 1.00. The third-order valence-corrected chi connectivity index (χ3v) is 6.10. The Morgan fingerprint density at radius 2 is 1.80 bits per heavy atom. The summed E-state index contributed by atoms with van der Waals surface area (Å²) >= 11 is 1.64. The maximum absolute atomic E-state index is 12.5. The average Bonchev–Trinajstić information content (AvgIpc) is 3.01. The number of carbonyl (C=O) groups excluding carboxylic acids is 1. The lowest BCUT2D eigenvalue weighted by molar-refractivity contribution is -0.132. The smallest absolute Gasteiger partial charge is 0.236 e. The van der Waals surface area contributed by atoms with Gasteiger partial charge in [0.15, 0.2) is 0 Å². The lowest BCUT2D eigenvalue weighted by Crippen LogP contribution is -2.50. The fraction of sp³-hybridized carbons (Fsp3) is 0.706. The highest BCUT2D eigenvalue weighted by molar-refractivity contribution is 7.20. The number of carbonyl (C=O) groups is 1. The van der Waals surface area contributed by atoms with Gasteiger partial charge in [0.05, 0.1) is 18.4 Å². The van der Waals surface area contributed by atoms with E-state index in [0.29, 0.717) is 12.5 Å². The number of amides is 1. The monoisotopic (exact) mass is 362 g/mol. The number of hydrogen-bond donors (Lipinski definition) is 0. The zero-order chi connectivity index (χ0) is 17.2. The van der Waals surface area contributed by atoms with Crippen LogP contribution >= 0.6 is 11.3 Å². The minimum absolute atomic E-state index is 0.304. The summed E-state index contributed by atoms with van der Waals surface area (Å²) in [5, 5.41) is 5.66. The molecule has 2 saturated heterocycles. The molecule has 8 heteroatoms. The zero-order valence-corrected chi connectivity index (χ0v) is 15.7. The van der Waals surface area contributed by atoms with E-state index in [0.717, 1.165) is 67.9 Å². The number of aromatic nitrogens is 3. The van der Waals surface area contributed by atoms with Crippen molar-refractivity contribution in [2.75, 3.05) is 50.7 Å². The molecule has 25 heavy (non-hydrogen) atoms. The van der Waals surface area contributed by atoms with Crippen LogP contribution in [0.25, 0.3) is 4.96 Å². The molecular formula is C17H26N6OS. The van der Waals surface area contributed by atoms with Gasteiger partial charge in [-0.1, -0.05) is 24.2 Å². The Kier molecular flexibility index (Phi) is 4.89. The summed E-state index contributed by atoms with van der Waals surface area (Å²) in [6.07, 6.45) is 6.81. The molecule has 0 radical (unpaired) electrons. The van der Waals surface area contributed by atoms with Gasteiger partial charge in [0.1, 0.15) is 0 Å². The maximum Gasteiger partial charge on any atom is 0.236 e. The normalized spacial score (nSPS) is 20.2. The molecule has 0 atom stereocenters. The molecule has 0 aliphatic carbocycles. The summed E-state index contributed by atoms with van der Waals surface area (Å²) in [6.45, 7) is 8.11. The zero-order valence-electron chi connectivity index (χ0n) is 14.9. The number of likely N-dealkylation sites (tertiary alicyclic amines) is 1. The molecule has 2 aliphatic heterocycles. The molecule has 136 valence electrons. The summed E-state index contributed by atoms with van der Waals surface area (Å²) in [6, 6.07) is 0. The van der Waals surface area contributed by atoms with Crippen LogP contribution in [0.5, 0.6) is 0 Å². The number of imidazole rings is 1. The van der Waals surface area contributed by atoms with E-state index >= 15 is 0 Å². The predicted molar refractivity (Wildman–Crippen MR) is 99.3 cm³/mol. The number of rotatable bonds is 3. The van der Waals surface area contributed by atoms with E-state index in [1.165, 1.54) is 12.8 Å². The summed E-state index contributed by atoms with van der Waals surface area (Å²) in [7, 11) is 0. The molecule has 0 unspecified atom stereocenters. The van der Waals surface area contributed by atoms with Crippen molar-refractivity contribution in [2.45, 2.75) is 32.6 Å².